The molecule has 5 atom stereocenters. The zero-order chi connectivity index (χ0) is 23.8. The summed E-state index contributed by atoms with van der Waals surface area (Å²) < 4.78 is 0. The predicted octanol–water partition coefficient (Wildman–Crippen LogP) is 2.25. The van der Waals surface area contributed by atoms with E-state index in [2.05, 4.69) is 18.5 Å². The molecule has 0 spiro atoms. The van der Waals surface area contributed by atoms with Gasteiger partial charge in [-0.25, -0.2) is 0 Å². The number of fused-ring (bicyclic) bond motifs is 1. The highest BCUT2D eigenvalue weighted by Gasteiger charge is 2.41. The van der Waals surface area contributed by atoms with Gasteiger partial charge >= 0.3 is 0 Å². The average Bonchev–Trinajstić information content (AvgIpc) is 2.96. The van der Waals surface area contributed by atoms with Gasteiger partial charge in [0.25, 0.3) is 0 Å². The monoisotopic (exact) mass is 481 g/mol. The van der Waals surface area contributed by atoms with Crippen LogP contribution in [0.3, 0.4) is 0 Å². The molecule has 5 unspecified atom stereocenters. The third-order valence-electron chi connectivity index (χ3n) is 6.92. The number of carbonyl (C=O) groups excluding carboxylic acids is 1. The van der Waals surface area contributed by atoms with Crippen LogP contribution in [0.1, 0.15) is 63.4 Å². The van der Waals surface area contributed by atoms with Crippen molar-refractivity contribution >= 4 is 58.0 Å². The van der Waals surface area contributed by atoms with E-state index in [1.54, 1.807) is 0 Å². The number of hydrogen-bond acceptors (Lipinski definition) is 7. The first-order valence-corrected chi connectivity index (χ1v) is 11.7. The molecule has 0 heterocycles. The summed E-state index contributed by atoms with van der Waals surface area (Å²) in [5.41, 5.74) is 21.1. The molecule has 0 saturated heterocycles. The van der Waals surface area contributed by atoms with Crippen molar-refractivity contribution < 1.29 is 20.1 Å². The Balaban J connectivity index is 1.70. The lowest BCUT2D eigenvalue weighted by Gasteiger charge is -2.25. The fraction of sp³-hybridized carbons (Fsp3) is 0.208. The molecule has 9 N–H and O–H groups in total. The van der Waals surface area contributed by atoms with Gasteiger partial charge in [0.15, 0.2) is 11.5 Å². The van der Waals surface area contributed by atoms with Crippen LogP contribution < -0.4 is 27.8 Å². The first-order chi connectivity index (χ1) is 15.6. The van der Waals surface area contributed by atoms with Crippen LogP contribution in [0.25, 0.3) is 6.08 Å². The fourth-order valence-electron chi connectivity index (χ4n) is 4.81. The van der Waals surface area contributed by atoms with Crippen molar-refractivity contribution in [2.24, 2.45) is 0 Å². The van der Waals surface area contributed by atoms with E-state index in [4.69, 9.17) is 17.2 Å². The zero-order valence-corrected chi connectivity index (χ0v) is 20.0. The number of ketones is 1. The molecule has 0 amide bonds. The Morgan fingerprint density at radius 3 is 1.88 bits per heavy atom. The second kappa shape index (κ2) is 7.59. The van der Waals surface area contributed by atoms with Crippen LogP contribution >= 0.6 is 18.5 Å². The molecule has 2 aromatic carbocycles. The Hall–Kier alpha value is -2.85. The van der Waals surface area contributed by atoms with Gasteiger partial charge in [-0.15, -0.1) is 18.5 Å². The van der Waals surface area contributed by atoms with Crippen LogP contribution in [0.15, 0.2) is 29.9 Å². The molecule has 170 valence electrons. The number of nitrogen functional groups attached to an aromatic ring is 3. The van der Waals surface area contributed by atoms with E-state index < -0.39 is 11.9 Å². The number of nitrogens with two attached hydrogens (primary N) is 3. The van der Waals surface area contributed by atoms with Crippen molar-refractivity contribution in [3.8, 4) is 11.5 Å². The van der Waals surface area contributed by atoms with Gasteiger partial charge in [0.05, 0.1) is 17.1 Å². The summed E-state index contributed by atoms with van der Waals surface area (Å²) in [6, 6.07) is 0. The summed E-state index contributed by atoms with van der Waals surface area (Å²) in [5, 5.41) is 33.7. The molecule has 9 heteroatoms. The number of hydrogen-bond donors (Lipinski definition) is 6. The number of aliphatic hydroxyl groups excluding tert-OH is 1. The minimum Gasteiger partial charge on any atom is -0.505 e. The van der Waals surface area contributed by atoms with Crippen LogP contribution in [0.2, 0.25) is 0 Å². The van der Waals surface area contributed by atoms with Crippen molar-refractivity contribution in [1.29, 1.82) is 0 Å². The van der Waals surface area contributed by atoms with Gasteiger partial charge in [-0.1, -0.05) is 24.3 Å². The first kappa shape index (κ1) is 22.0. The molecule has 2 aromatic rings. The topological polar surface area (TPSA) is 156 Å². The Kier molecular flexibility index (Phi) is 5.06. The quantitative estimate of drug-likeness (QED) is 0.129. The first-order valence-electron chi connectivity index (χ1n) is 10.6. The number of anilines is 3. The van der Waals surface area contributed by atoms with Crippen LogP contribution in [-0.2, 0) is 0 Å². The Morgan fingerprint density at radius 2 is 1.36 bits per heavy atom. The number of Topliss-reactive ketones (excluding diaryl/α,β-unsaturated/α-hetero) is 1. The average molecular weight is 481 g/mol. The molecule has 0 bridgehead atoms. The lowest BCUT2D eigenvalue weighted by atomic mass is 9.84. The molecule has 7 nitrogen and oxygen atoms in total. The lowest BCUT2D eigenvalue weighted by Crippen LogP contribution is -2.20. The second-order valence-corrected chi connectivity index (χ2v) is 9.82. The second-order valence-electron chi connectivity index (χ2n) is 8.67. The summed E-state index contributed by atoms with van der Waals surface area (Å²) >= 11 is 0. The number of phenolic OH excluding ortho intramolecular Hbond substituents is 2. The minimum atomic E-state index is -1.39. The number of aromatic hydroxyl groups is 2. The molecular weight excluding hydrogens is 456 g/mol. The minimum absolute atomic E-state index is 0.00750. The third-order valence-corrected chi connectivity index (χ3v) is 8.14. The van der Waals surface area contributed by atoms with Crippen molar-refractivity contribution in [2.75, 3.05) is 17.2 Å². The molecule has 3 aliphatic carbocycles. The maximum absolute atomic E-state index is 13.5. The number of benzene rings is 2. The molecule has 5 rings (SSSR count). The van der Waals surface area contributed by atoms with Crippen LogP contribution in [0.4, 0.5) is 17.1 Å². The number of rotatable bonds is 3. The van der Waals surface area contributed by atoms with Crippen LogP contribution in [-0.4, -0.2) is 21.1 Å². The number of carbonyl (C=O) groups is 1. The SMILES string of the molecule is Nc1c(O)c(N)c(C2C=CC2)c(P)c1/C=C1/C(=O)c2c(P)c(C3C=CC3)c(N)c(O)c2C1O. The maximum Gasteiger partial charge on any atom is 0.193 e. The van der Waals surface area contributed by atoms with Crippen molar-refractivity contribution in [3.05, 3.63) is 57.7 Å². The number of phenols is 2. The molecule has 33 heavy (non-hydrogen) atoms. The molecule has 0 saturated carbocycles. The van der Waals surface area contributed by atoms with Gasteiger partial charge < -0.3 is 32.5 Å². The van der Waals surface area contributed by atoms with Gasteiger partial charge in [0.2, 0.25) is 0 Å². The van der Waals surface area contributed by atoms with E-state index in [9.17, 15) is 20.1 Å². The van der Waals surface area contributed by atoms with Crippen LogP contribution in [0, 0.1) is 0 Å². The molecular formula is C24H25N3O4P2. The lowest BCUT2D eigenvalue weighted by molar-refractivity contribution is 0.102. The smallest absolute Gasteiger partial charge is 0.193 e. The standard InChI is InChI=1S/C24H25N3O4P2/c25-16-10(23(32)12(8-3-1-4-8)18(27)22(16)31)7-11-19(28)14-15(20(11)29)24(33)13(9-5-2-6-9)17(26)21(14)30/h1-3,5,7-9,19,28,30-31H,4,6,25-27,32-33H2/b11-7+. The molecule has 0 radical (unpaired) electrons. The van der Waals surface area contributed by atoms with Crippen LogP contribution in [0.5, 0.6) is 11.5 Å². The third kappa shape index (κ3) is 2.96. The van der Waals surface area contributed by atoms with Crippen molar-refractivity contribution in [2.45, 2.75) is 30.8 Å². The highest BCUT2D eigenvalue weighted by Crippen LogP contribution is 2.49. The van der Waals surface area contributed by atoms with E-state index in [-0.39, 0.29) is 57.1 Å². The normalized spacial score (nSPS) is 24.2. The van der Waals surface area contributed by atoms with Gasteiger partial charge in [0, 0.05) is 34.1 Å². The van der Waals surface area contributed by atoms with E-state index in [0.29, 0.717) is 21.7 Å². The van der Waals surface area contributed by atoms with Gasteiger partial charge in [-0.2, -0.15) is 0 Å². The van der Waals surface area contributed by atoms with E-state index in [1.807, 2.05) is 24.3 Å². The van der Waals surface area contributed by atoms with Gasteiger partial charge in [-0.3, -0.25) is 4.79 Å². The Labute approximate surface area is 195 Å². The van der Waals surface area contributed by atoms with Gasteiger partial charge in [0.1, 0.15) is 11.9 Å². The molecule has 0 aliphatic heterocycles. The number of aliphatic hydroxyl groups is 1. The zero-order valence-electron chi connectivity index (χ0n) is 17.7. The van der Waals surface area contributed by atoms with Crippen molar-refractivity contribution in [3.63, 3.8) is 0 Å². The highest BCUT2D eigenvalue weighted by molar-refractivity contribution is 7.28. The Bertz CT molecular complexity index is 1350. The van der Waals surface area contributed by atoms with E-state index >= 15 is 0 Å². The molecule has 0 fully saturated rings. The fourth-order valence-corrected chi connectivity index (χ4v) is 6.08. The summed E-state index contributed by atoms with van der Waals surface area (Å²) in [7, 11) is 5.14. The number of allylic oxidation sites excluding steroid dienone is 4. The Morgan fingerprint density at radius 1 is 0.848 bits per heavy atom. The molecule has 3 aliphatic rings. The molecule has 0 aromatic heterocycles. The van der Waals surface area contributed by atoms with Gasteiger partial charge in [-0.05, 0) is 40.7 Å². The van der Waals surface area contributed by atoms with E-state index in [0.717, 1.165) is 18.4 Å². The summed E-state index contributed by atoms with van der Waals surface area (Å²) in [4.78, 5) is 13.5. The van der Waals surface area contributed by atoms with E-state index in [1.165, 1.54) is 6.08 Å². The predicted molar refractivity (Wildman–Crippen MR) is 138 cm³/mol. The highest BCUT2D eigenvalue weighted by atomic mass is 31.0. The summed E-state index contributed by atoms with van der Waals surface area (Å²) in [6.07, 6.45) is 9.56. The summed E-state index contributed by atoms with van der Waals surface area (Å²) in [5.74, 6) is -0.919. The van der Waals surface area contributed by atoms with Crippen molar-refractivity contribution in [1.82, 2.24) is 0 Å². The summed E-state index contributed by atoms with van der Waals surface area (Å²) in [6.45, 7) is 0. The maximum atomic E-state index is 13.5. The largest absolute Gasteiger partial charge is 0.505 e.